The smallest absolute Gasteiger partial charge is 0.335 e. The maximum atomic E-state index is 11.5. The lowest BCUT2D eigenvalue weighted by Gasteiger charge is -2.15. The number of aromatic carboxylic acids is 1. The number of carbonyl (C=O) groups is 2. The number of carboxylic acid groups (broad SMARTS) is 1. The highest BCUT2D eigenvalue weighted by Crippen LogP contribution is 2.17. The Kier molecular flexibility index (Phi) is 4.71. The van der Waals surface area contributed by atoms with Crippen molar-refractivity contribution in [2.24, 2.45) is 0 Å². The van der Waals surface area contributed by atoms with Crippen molar-refractivity contribution < 1.29 is 19.4 Å². The Morgan fingerprint density at radius 2 is 2.06 bits per heavy atom. The van der Waals surface area contributed by atoms with Crippen molar-refractivity contribution >= 4 is 11.9 Å². The summed E-state index contributed by atoms with van der Waals surface area (Å²) >= 11 is 0. The topological polar surface area (TPSA) is 66.8 Å². The molecule has 1 aromatic carbocycles. The molecule has 1 aromatic rings. The van der Waals surface area contributed by atoms with Gasteiger partial charge < -0.3 is 14.7 Å². The summed E-state index contributed by atoms with van der Waals surface area (Å²) in [6.45, 7) is 4.15. The van der Waals surface area contributed by atoms with Crippen LogP contribution in [-0.4, -0.2) is 42.1 Å². The van der Waals surface area contributed by atoms with Crippen LogP contribution in [0.25, 0.3) is 0 Å². The molecule has 0 aliphatic rings. The second-order valence-corrected chi connectivity index (χ2v) is 3.98. The number of likely N-dealkylation sites (N-methyl/N-ethyl adjacent to an activating group) is 1. The first kappa shape index (κ1) is 14.0. The van der Waals surface area contributed by atoms with Gasteiger partial charge in [-0.05, 0) is 37.6 Å². The Hall–Kier alpha value is -2.04. The van der Waals surface area contributed by atoms with Gasteiger partial charge in [-0.2, -0.15) is 0 Å². The van der Waals surface area contributed by atoms with E-state index in [9.17, 15) is 9.59 Å². The van der Waals surface area contributed by atoms with E-state index in [-0.39, 0.29) is 18.1 Å². The van der Waals surface area contributed by atoms with Gasteiger partial charge in [0.15, 0.2) is 6.61 Å². The van der Waals surface area contributed by atoms with Crippen molar-refractivity contribution in [3.8, 4) is 5.75 Å². The molecular formula is C13H17NO4. The summed E-state index contributed by atoms with van der Waals surface area (Å²) < 4.78 is 5.32. The van der Waals surface area contributed by atoms with Crippen LogP contribution < -0.4 is 4.74 Å². The van der Waals surface area contributed by atoms with Gasteiger partial charge in [-0.25, -0.2) is 4.79 Å². The molecule has 18 heavy (non-hydrogen) atoms. The fourth-order valence-corrected chi connectivity index (χ4v) is 1.40. The summed E-state index contributed by atoms with van der Waals surface area (Å²) in [7, 11) is 1.70. The molecule has 1 rings (SSSR count). The summed E-state index contributed by atoms with van der Waals surface area (Å²) in [4.78, 5) is 23.9. The van der Waals surface area contributed by atoms with Gasteiger partial charge in [0.05, 0.1) is 5.56 Å². The predicted molar refractivity (Wildman–Crippen MR) is 66.9 cm³/mol. The van der Waals surface area contributed by atoms with Crippen LogP contribution in [0.5, 0.6) is 5.75 Å². The molecule has 0 radical (unpaired) electrons. The van der Waals surface area contributed by atoms with E-state index in [0.29, 0.717) is 17.9 Å². The van der Waals surface area contributed by atoms with E-state index in [4.69, 9.17) is 9.84 Å². The molecule has 5 nitrogen and oxygen atoms in total. The Bertz CT molecular complexity index is 456. The van der Waals surface area contributed by atoms with E-state index >= 15 is 0 Å². The van der Waals surface area contributed by atoms with Crippen LogP contribution in [-0.2, 0) is 4.79 Å². The van der Waals surface area contributed by atoms with Gasteiger partial charge in [0.1, 0.15) is 5.75 Å². The first-order valence-electron chi connectivity index (χ1n) is 5.66. The second-order valence-electron chi connectivity index (χ2n) is 3.98. The third-order valence-electron chi connectivity index (χ3n) is 2.69. The molecule has 0 atom stereocenters. The van der Waals surface area contributed by atoms with Gasteiger partial charge in [0.25, 0.3) is 5.91 Å². The van der Waals surface area contributed by atoms with E-state index in [2.05, 4.69) is 0 Å². The minimum atomic E-state index is -0.971. The molecule has 0 unspecified atom stereocenters. The molecule has 1 amide bonds. The largest absolute Gasteiger partial charge is 0.484 e. The predicted octanol–water partition coefficient (Wildman–Crippen LogP) is 1.55. The zero-order chi connectivity index (χ0) is 13.7. The maximum absolute atomic E-state index is 11.5. The van der Waals surface area contributed by atoms with Crippen LogP contribution in [0.3, 0.4) is 0 Å². The van der Waals surface area contributed by atoms with Gasteiger partial charge in [-0.1, -0.05) is 0 Å². The average molecular weight is 251 g/mol. The quantitative estimate of drug-likeness (QED) is 0.862. The molecule has 0 saturated heterocycles. The van der Waals surface area contributed by atoms with Crippen LogP contribution in [0.4, 0.5) is 0 Å². The number of rotatable bonds is 5. The Morgan fingerprint density at radius 3 is 2.56 bits per heavy atom. The summed E-state index contributed by atoms with van der Waals surface area (Å²) in [5, 5.41) is 8.88. The first-order chi connectivity index (χ1) is 8.45. The molecule has 1 N–H and O–H groups in total. The molecule has 0 fully saturated rings. The standard InChI is InChI=1S/C13H17NO4/c1-4-14(3)12(15)8-18-10-5-6-11(13(16)17)9(2)7-10/h5-7H,4,8H2,1-3H3,(H,16,17). The Balaban J connectivity index is 2.67. The van der Waals surface area contributed by atoms with Crippen LogP contribution in [0.2, 0.25) is 0 Å². The highest BCUT2D eigenvalue weighted by molar-refractivity contribution is 5.89. The van der Waals surface area contributed by atoms with E-state index in [1.54, 1.807) is 31.0 Å². The van der Waals surface area contributed by atoms with Crippen molar-refractivity contribution in [3.05, 3.63) is 29.3 Å². The van der Waals surface area contributed by atoms with Crippen molar-refractivity contribution in [2.75, 3.05) is 20.2 Å². The number of carboxylic acids is 1. The van der Waals surface area contributed by atoms with Crippen molar-refractivity contribution in [2.45, 2.75) is 13.8 Å². The van der Waals surface area contributed by atoms with Crippen molar-refractivity contribution in [1.82, 2.24) is 4.90 Å². The third kappa shape index (κ3) is 3.48. The molecule has 0 aliphatic carbocycles. The van der Waals surface area contributed by atoms with Crippen LogP contribution in [0.1, 0.15) is 22.8 Å². The summed E-state index contributed by atoms with van der Waals surface area (Å²) in [5.41, 5.74) is 0.843. The number of ether oxygens (including phenoxy) is 1. The Labute approximate surface area is 106 Å². The fraction of sp³-hybridized carbons (Fsp3) is 0.385. The molecule has 0 saturated carbocycles. The first-order valence-corrected chi connectivity index (χ1v) is 5.66. The lowest BCUT2D eigenvalue weighted by molar-refractivity contribution is -0.131. The van der Waals surface area contributed by atoms with Gasteiger partial charge in [-0.3, -0.25) is 4.79 Å². The van der Waals surface area contributed by atoms with Gasteiger partial charge in [0, 0.05) is 13.6 Å². The SMILES string of the molecule is CCN(C)C(=O)COc1ccc(C(=O)O)c(C)c1. The van der Waals surface area contributed by atoms with E-state index in [1.807, 2.05) is 6.92 Å². The molecule has 0 bridgehead atoms. The molecular weight excluding hydrogens is 234 g/mol. The maximum Gasteiger partial charge on any atom is 0.335 e. The normalized spacial score (nSPS) is 9.94. The van der Waals surface area contributed by atoms with Gasteiger partial charge in [0.2, 0.25) is 0 Å². The van der Waals surface area contributed by atoms with E-state index in [0.717, 1.165) is 0 Å². The number of nitrogens with zero attached hydrogens (tertiary/aromatic N) is 1. The lowest BCUT2D eigenvalue weighted by Crippen LogP contribution is -2.31. The van der Waals surface area contributed by atoms with Crippen LogP contribution in [0, 0.1) is 6.92 Å². The molecule has 0 spiro atoms. The monoisotopic (exact) mass is 251 g/mol. The third-order valence-corrected chi connectivity index (χ3v) is 2.69. The zero-order valence-corrected chi connectivity index (χ0v) is 10.8. The second kappa shape index (κ2) is 6.05. The van der Waals surface area contributed by atoms with Crippen LogP contribution >= 0.6 is 0 Å². The number of hydrogen-bond donors (Lipinski definition) is 1. The highest BCUT2D eigenvalue weighted by Gasteiger charge is 2.10. The molecule has 5 heteroatoms. The summed E-state index contributed by atoms with van der Waals surface area (Å²) in [6.07, 6.45) is 0. The summed E-state index contributed by atoms with van der Waals surface area (Å²) in [5.74, 6) is -0.589. The fourth-order valence-electron chi connectivity index (χ4n) is 1.40. The molecule has 98 valence electrons. The number of amides is 1. The minimum absolute atomic E-state index is 0.0454. The molecule has 0 aromatic heterocycles. The average Bonchev–Trinajstić information content (AvgIpc) is 2.34. The van der Waals surface area contributed by atoms with E-state index < -0.39 is 5.97 Å². The van der Waals surface area contributed by atoms with Gasteiger partial charge >= 0.3 is 5.97 Å². The number of hydrogen-bond acceptors (Lipinski definition) is 3. The minimum Gasteiger partial charge on any atom is -0.484 e. The number of carbonyl (C=O) groups excluding carboxylic acids is 1. The number of benzene rings is 1. The lowest BCUT2D eigenvalue weighted by atomic mass is 10.1. The molecule has 0 aliphatic heterocycles. The molecule has 0 heterocycles. The van der Waals surface area contributed by atoms with E-state index in [1.165, 1.54) is 6.07 Å². The highest BCUT2D eigenvalue weighted by atomic mass is 16.5. The number of aryl methyl sites for hydroxylation is 1. The summed E-state index contributed by atoms with van der Waals surface area (Å²) in [6, 6.07) is 4.64. The Morgan fingerprint density at radius 1 is 1.39 bits per heavy atom. The zero-order valence-electron chi connectivity index (χ0n) is 10.8. The van der Waals surface area contributed by atoms with Crippen LogP contribution in [0.15, 0.2) is 18.2 Å². The van der Waals surface area contributed by atoms with Crippen molar-refractivity contribution in [1.29, 1.82) is 0 Å². The van der Waals surface area contributed by atoms with Crippen molar-refractivity contribution in [3.63, 3.8) is 0 Å². The van der Waals surface area contributed by atoms with Gasteiger partial charge in [-0.15, -0.1) is 0 Å².